The Morgan fingerprint density at radius 3 is 2.14 bits per heavy atom. The fraction of sp³-hybridized carbons (Fsp3) is 1.00. The third-order valence-corrected chi connectivity index (χ3v) is 4.14. The predicted octanol–water partition coefficient (Wildman–Crippen LogP) is 5.08. The van der Waals surface area contributed by atoms with Crippen LogP contribution >= 0.6 is 0 Å². The highest BCUT2D eigenvalue weighted by atomic mass is 16.8. The Balaban J connectivity index is 2.31. The minimum Gasteiger partial charge on any atom is -0.378 e. The third-order valence-electron chi connectivity index (χ3n) is 4.14. The topological polar surface area (TPSA) is 27.7 Å². The van der Waals surface area contributed by atoms with Crippen molar-refractivity contribution in [1.29, 1.82) is 0 Å². The highest BCUT2D eigenvalue weighted by Gasteiger charge is 2.45. The van der Waals surface area contributed by atoms with E-state index < -0.39 is 5.79 Å². The van der Waals surface area contributed by atoms with Crippen LogP contribution in [0.4, 0.5) is 0 Å². The molecule has 1 unspecified atom stereocenters. The summed E-state index contributed by atoms with van der Waals surface area (Å²) in [5.74, 6) is -0.462. The molecule has 0 aromatic heterocycles. The lowest BCUT2D eigenvalue weighted by atomic mass is 9.97. The van der Waals surface area contributed by atoms with Gasteiger partial charge in [0.1, 0.15) is 5.60 Å². The Bertz CT molecular complexity index is 265. The zero-order chi connectivity index (χ0) is 15.6. The molecule has 0 N–H and O–H groups in total. The molecule has 1 aliphatic rings. The van der Waals surface area contributed by atoms with Crippen LogP contribution in [0.5, 0.6) is 0 Å². The molecule has 0 bridgehead atoms. The molecule has 1 saturated heterocycles. The van der Waals surface area contributed by atoms with Crippen LogP contribution in [0.2, 0.25) is 0 Å². The first-order valence-corrected chi connectivity index (χ1v) is 8.95. The van der Waals surface area contributed by atoms with Crippen LogP contribution in [0.25, 0.3) is 0 Å². The van der Waals surface area contributed by atoms with Crippen molar-refractivity contribution in [3.8, 4) is 0 Å². The van der Waals surface area contributed by atoms with E-state index in [-0.39, 0.29) is 5.60 Å². The second kappa shape index (κ2) is 9.81. The summed E-state index contributed by atoms with van der Waals surface area (Å²) in [7, 11) is 0. The quantitative estimate of drug-likeness (QED) is 0.471. The van der Waals surface area contributed by atoms with E-state index in [0.29, 0.717) is 13.2 Å². The summed E-state index contributed by atoms with van der Waals surface area (Å²) in [5, 5.41) is 0. The van der Waals surface area contributed by atoms with Gasteiger partial charge in [-0.3, -0.25) is 0 Å². The van der Waals surface area contributed by atoms with Crippen LogP contribution in [0.15, 0.2) is 0 Å². The predicted molar refractivity (Wildman–Crippen MR) is 87.6 cm³/mol. The van der Waals surface area contributed by atoms with Gasteiger partial charge >= 0.3 is 0 Å². The van der Waals surface area contributed by atoms with Gasteiger partial charge in [-0.2, -0.15) is 0 Å². The normalized spacial score (nSPS) is 24.6. The second-order valence-corrected chi connectivity index (χ2v) is 6.90. The van der Waals surface area contributed by atoms with Gasteiger partial charge in [0, 0.05) is 6.61 Å². The summed E-state index contributed by atoms with van der Waals surface area (Å²) in [5.41, 5.74) is -0.220. The average Bonchev–Trinajstić information content (AvgIpc) is 2.75. The van der Waals surface area contributed by atoms with Crippen LogP contribution < -0.4 is 0 Å². The molecule has 0 spiro atoms. The summed E-state index contributed by atoms with van der Waals surface area (Å²) < 4.78 is 17.9. The lowest BCUT2D eigenvalue weighted by molar-refractivity contribution is -0.175. The van der Waals surface area contributed by atoms with Gasteiger partial charge in [0.15, 0.2) is 5.79 Å². The van der Waals surface area contributed by atoms with Gasteiger partial charge in [-0.15, -0.1) is 0 Å². The van der Waals surface area contributed by atoms with Crippen LogP contribution in [0, 0.1) is 0 Å². The smallest absolute Gasteiger partial charge is 0.163 e. The minimum atomic E-state index is -0.462. The fourth-order valence-corrected chi connectivity index (χ4v) is 2.92. The van der Waals surface area contributed by atoms with E-state index in [1.807, 2.05) is 13.8 Å². The number of hydrogen-bond donors (Lipinski definition) is 0. The zero-order valence-electron chi connectivity index (χ0n) is 14.7. The van der Waals surface area contributed by atoms with Gasteiger partial charge in [0.05, 0.1) is 13.2 Å². The Morgan fingerprint density at radius 2 is 1.57 bits per heavy atom. The second-order valence-electron chi connectivity index (χ2n) is 6.90. The molecule has 1 heterocycles. The summed E-state index contributed by atoms with van der Waals surface area (Å²) in [6.07, 6.45) is 11.1. The Kier molecular flexibility index (Phi) is 8.84. The average molecular weight is 300 g/mol. The first-order chi connectivity index (χ1) is 10.0. The minimum absolute atomic E-state index is 0.220. The monoisotopic (exact) mass is 300 g/mol. The molecular weight excluding hydrogens is 264 g/mol. The van der Waals surface area contributed by atoms with Crippen molar-refractivity contribution >= 4 is 0 Å². The maximum absolute atomic E-state index is 6.20. The molecule has 3 nitrogen and oxygen atoms in total. The summed E-state index contributed by atoms with van der Waals surface area (Å²) in [6, 6.07) is 0. The molecule has 0 aromatic carbocycles. The van der Waals surface area contributed by atoms with Crippen molar-refractivity contribution in [3.63, 3.8) is 0 Å². The van der Waals surface area contributed by atoms with Crippen LogP contribution in [0.1, 0.15) is 85.5 Å². The number of unbranched alkanes of at least 4 members (excludes halogenated alkanes) is 6. The highest BCUT2D eigenvalue weighted by Crippen LogP contribution is 2.35. The van der Waals surface area contributed by atoms with Crippen molar-refractivity contribution in [3.05, 3.63) is 0 Å². The third kappa shape index (κ3) is 7.62. The van der Waals surface area contributed by atoms with E-state index in [0.717, 1.165) is 19.4 Å². The summed E-state index contributed by atoms with van der Waals surface area (Å²) >= 11 is 0. The maximum atomic E-state index is 6.20. The SMILES string of the molecule is CCCCCCOCC1(CCCCCC)COC(C)(C)O1. The first kappa shape index (κ1) is 18.9. The van der Waals surface area contributed by atoms with Crippen molar-refractivity contribution in [1.82, 2.24) is 0 Å². The van der Waals surface area contributed by atoms with Crippen molar-refractivity contribution in [2.75, 3.05) is 19.8 Å². The van der Waals surface area contributed by atoms with Gasteiger partial charge < -0.3 is 14.2 Å². The molecule has 1 atom stereocenters. The molecule has 0 radical (unpaired) electrons. The van der Waals surface area contributed by atoms with Crippen molar-refractivity contribution < 1.29 is 14.2 Å². The number of ether oxygens (including phenoxy) is 3. The summed E-state index contributed by atoms with van der Waals surface area (Å²) in [6.45, 7) is 10.7. The molecule has 1 fully saturated rings. The zero-order valence-corrected chi connectivity index (χ0v) is 14.7. The molecule has 1 rings (SSSR count). The van der Waals surface area contributed by atoms with E-state index >= 15 is 0 Å². The van der Waals surface area contributed by atoms with Crippen LogP contribution in [0.3, 0.4) is 0 Å². The lowest BCUT2D eigenvalue weighted by Gasteiger charge is -2.29. The van der Waals surface area contributed by atoms with Gasteiger partial charge in [0.2, 0.25) is 0 Å². The standard InChI is InChI=1S/C18H36O3/c1-5-7-9-11-13-18(16-20-17(3,4)21-18)15-19-14-12-10-8-6-2/h5-16H2,1-4H3. The molecular formula is C18H36O3. The van der Waals surface area contributed by atoms with E-state index in [9.17, 15) is 0 Å². The molecule has 21 heavy (non-hydrogen) atoms. The van der Waals surface area contributed by atoms with Gasteiger partial charge in [0.25, 0.3) is 0 Å². The first-order valence-electron chi connectivity index (χ1n) is 8.95. The van der Waals surface area contributed by atoms with Gasteiger partial charge in [-0.25, -0.2) is 0 Å². The van der Waals surface area contributed by atoms with Gasteiger partial charge in [-0.05, 0) is 26.7 Å². The van der Waals surface area contributed by atoms with E-state index in [2.05, 4.69) is 13.8 Å². The molecule has 0 aliphatic carbocycles. The van der Waals surface area contributed by atoms with Crippen LogP contribution in [-0.4, -0.2) is 31.2 Å². The highest BCUT2D eigenvalue weighted by molar-refractivity contribution is 4.88. The van der Waals surface area contributed by atoms with E-state index in [1.165, 1.54) is 44.9 Å². The Labute approximate surface area is 131 Å². The molecule has 0 amide bonds. The number of rotatable bonds is 12. The molecule has 3 heteroatoms. The van der Waals surface area contributed by atoms with Crippen molar-refractivity contribution in [2.45, 2.75) is 96.9 Å². The van der Waals surface area contributed by atoms with E-state index in [1.54, 1.807) is 0 Å². The van der Waals surface area contributed by atoms with Crippen LogP contribution in [-0.2, 0) is 14.2 Å². The molecule has 0 saturated carbocycles. The molecule has 126 valence electrons. The largest absolute Gasteiger partial charge is 0.378 e. The summed E-state index contributed by atoms with van der Waals surface area (Å²) in [4.78, 5) is 0. The maximum Gasteiger partial charge on any atom is 0.163 e. The number of hydrogen-bond acceptors (Lipinski definition) is 3. The van der Waals surface area contributed by atoms with Gasteiger partial charge in [-0.1, -0.05) is 58.8 Å². The Hall–Kier alpha value is -0.120. The molecule has 1 aliphatic heterocycles. The molecule has 0 aromatic rings. The van der Waals surface area contributed by atoms with Crippen molar-refractivity contribution in [2.24, 2.45) is 0 Å². The fourth-order valence-electron chi connectivity index (χ4n) is 2.92. The lowest BCUT2D eigenvalue weighted by Crippen LogP contribution is -2.39. The Morgan fingerprint density at radius 1 is 0.905 bits per heavy atom. The van der Waals surface area contributed by atoms with E-state index in [4.69, 9.17) is 14.2 Å².